The highest BCUT2D eigenvalue weighted by Gasteiger charge is 2.06. The standard InChI is InChI=1S/C32H29F/c1-3-5-7-24-9-15-27(16-10-24)28-17-11-25(12-18-28)13-19-29-20-21-30-23-26(8-6-4-2)14-22-31(30)32(29)33/h3,9-12,14-18,20-23H,1,4-8H2,2H3. The van der Waals surface area contributed by atoms with Crippen LogP contribution >= 0.6 is 0 Å². The Morgan fingerprint density at radius 2 is 1.48 bits per heavy atom. The van der Waals surface area contributed by atoms with E-state index in [1.807, 2.05) is 36.4 Å². The van der Waals surface area contributed by atoms with Crippen molar-refractivity contribution < 1.29 is 4.39 Å². The third-order valence-electron chi connectivity index (χ3n) is 5.99. The summed E-state index contributed by atoms with van der Waals surface area (Å²) in [5, 5.41) is 1.57. The normalized spacial score (nSPS) is 10.6. The van der Waals surface area contributed by atoms with Gasteiger partial charge >= 0.3 is 0 Å². The molecular weight excluding hydrogens is 403 g/mol. The first-order chi connectivity index (χ1) is 16.2. The number of fused-ring (bicyclic) bond motifs is 1. The highest BCUT2D eigenvalue weighted by molar-refractivity contribution is 5.85. The van der Waals surface area contributed by atoms with Crippen molar-refractivity contribution in [2.45, 2.75) is 39.0 Å². The van der Waals surface area contributed by atoms with Gasteiger partial charge in [0, 0.05) is 10.9 Å². The first kappa shape index (κ1) is 22.6. The Bertz CT molecular complexity index is 1300. The van der Waals surface area contributed by atoms with Crippen molar-refractivity contribution in [3.8, 4) is 23.0 Å². The average Bonchev–Trinajstić information content (AvgIpc) is 2.86. The summed E-state index contributed by atoms with van der Waals surface area (Å²) in [6.45, 7) is 5.96. The minimum Gasteiger partial charge on any atom is -0.205 e. The average molecular weight is 433 g/mol. The van der Waals surface area contributed by atoms with Gasteiger partial charge < -0.3 is 0 Å². The second-order valence-corrected chi connectivity index (χ2v) is 8.44. The Hall–Kier alpha value is -3.63. The fraction of sp³-hybridized carbons (Fsp3) is 0.188. The van der Waals surface area contributed by atoms with Crippen molar-refractivity contribution in [3.63, 3.8) is 0 Å². The summed E-state index contributed by atoms with van der Waals surface area (Å²) in [4.78, 5) is 0. The fourth-order valence-electron chi connectivity index (χ4n) is 3.99. The molecule has 0 aliphatic heterocycles. The van der Waals surface area contributed by atoms with Crippen molar-refractivity contribution in [1.29, 1.82) is 0 Å². The van der Waals surface area contributed by atoms with Crippen LogP contribution in [-0.2, 0) is 12.8 Å². The van der Waals surface area contributed by atoms with Gasteiger partial charge in [-0.25, -0.2) is 4.39 Å². The molecule has 0 saturated carbocycles. The lowest BCUT2D eigenvalue weighted by Crippen LogP contribution is -1.90. The zero-order valence-electron chi connectivity index (χ0n) is 19.2. The minimum absolute atomic E-state index is 0.241. The summed E-state index contributed by atoms with van der Waals surface area (Å²) < 4.78 is 15.0. The summed E-state index contributed by atoms with van der Waals surface area (Å²) in [5.41, 5.74) is 6.20. The van der Waals surface area contributed by atoms with E-state index in [-0.39, 0.29) is 5.82 Å². The van der Waals surface area contributed by atoms with Crippen molar-refractivity contribution in [1.82, 2.24) is 0 Å². The van der Waals surface area contributed by atoms with Gasteiger partial charge in [-0.2, -0.15) is 0 Å². The molecule has 0 bridgehead atoms. The summed E-state index contributed by atoms with van der Waals surface area (Å²) in [6, 6.07) is 26.5. The highest BCUT2D eigenvalue weighted by atomic mass is 19.1. The van der Waals surface area contributed by atoms with Crippen LogP contribution in [0.3, 0.4) is 0 Å². The lowest BCUT2D eigenvalue weighted by Gasteiger charge is -2.05. The molecule has 0 aliphatic carbocycles. The van der Waals surface area contributed by atoms with Crippen LogP contribution in [0.4, 0.5) is 4.39 Å². The fourth-order valence-corrected chi connectivity index (χ4v) is 3.99. The van der Waals surface area contributed by atoms with Gasteiger partial charge in [0.05, 0.1) is 5.56 Å². The minimum atomic E-state index is -0.241. The number of halogens is 1. The van der Waals surface area contributed by atoms with Gasteiger partial charge in [-0.3, -0.25) is 0 Å². The van der Waals surface area contributed by atoms with Gasteiger partial charge in [-0.1, -0.05) is 91.9 Å². The number of benzene rings is 4. The molecular formula is C32H29F. The van der Waals surface area contributed by atoms with E-state index in [2.05, 4.69) is 67.8 Å². The van der Waals surface area contributed by atoms with Gasteiger partial charge in [-0.05, 0) is 71.5 Å². The molecule has 0 fully saturated rings. The van der Waals surface area contributed by atoms with Gasteiger partial charge in [-0.15, -0.1) is 6.58 Å². The largest absolute Gasteiger partial charge is 0.205 e. The molecule has 0 saturated heterocycles. The molecule has 1 heteroatoms. The van der Waals surface area contributed by atoms with Crippen molar-refractivity contribution in [3.05, 3.63) is 120 Å². The number of hydrogen-bond acceptors (Lipinski definition) is 0. The first-order valence-electron chi connectivity index (χ1n) is 11.7. The van der Waals surface area contributed by atoms with Crippen LogP contribution in [0.1, 0.15) is 48.4 Å². The summed E-state index contributed by atoms with van der Waals surface area (Å²) in [7, 11) is 0. The lowest BCUT2D eigenvalue weighted by molar-refractivity contribution is 0.636. The lowest BCUT2D eigenvalue weighted by atomic mass is 10.00. The van der Waals surface area contributed by atoms with Crippen LogP contribution in [0.2, 0.25) is 0 Å². The second-order valence-electron chi connectivity index (χ2n) is 8.44. The van der Waals surface area contributed by atoms with E-state index in [0.717, 1.165) is 48.6 Å². The third kappa shape index (κ3) is 5.60. The van der Waals surface area contributed by atoms with E-state index >= 15 is 4.39 Å². The molecule has 0 radical (unpaired) electrons. The quantitative estimate of drug-likeness (QED) is 0.203. The van der Waals surface area contributed by atoms with Gasteiger partial charge in [0.15, 0.2) is 0 Å². The maximum atomic E-state index is 15.0. The Morgan fingerprint density at radius 3 is 2.18 bits per heavy atom. The Morgan fingerprint density at radius 1 is 0.788 bits per heavy atom. The number of rotatable bonds is 7. The van der Waals surface area contributed by atoms with E-state index in [9.17, 15) is 0 Å². The van der Waals surface area contributed by atoms with Crippen molar-refractivity contribution in [2.75, 3.05) is 0 Å². The van der Waals surface area contributed by atoms with E-state index in [1.54, 1.807) is 6.07 Å². The second kappa shape index (κ2) is 10.8. The zero-order valence-corrected chi connectivity index (χ0v) is 19.2. The smallest absolute Gasteiger partial charge is 0.146 e. The molecule has 164 valence electrons. The first-order valence-corrected chi connectivity index (χ1v) is 11.7. The Balaban J connectivity index is 1.50. The van der Waals surface area contributed by atoms with Gasteiger partial charge in [0.2, 0.25) is 0 Å². The molecule has 4 aromatic rings. The molecule has 0 aliphatic rings. The molecule has 33 heavy (non-hydrogen) atoms. The van der Waals surface area contributed by atoms with Gasteiger partial charge in [0.25, 0.3) is 0 Å². The number of aryl methyl sites for hydroxylation is 2. The summed E-state index contributed by atoms with van der Waals surface area (Å²) in [6.07, 6.45) is 7.29. The molecule has 0 unspecified atom stereocenters. The SMILES string of the molecule is C=CCCc1ccc(-c2ccc(C#Cc3ccc4cc(CCCC)ccc4c3F)cc2)cc1. The molecule has 0 atom stereocenters. The summed E-state index contributed by atoms with van der Waals surface area (Å²) in [5.74, 6) is 5.90. The Kier molecular flexibility index (Phi) is 7.38. The highest BCUT2D eigenvalue weighted by Crippen LogP contribution is 2.24. The number of hydrogen-bond donors (Lipinski definition) is 0. The maximum absolute atomic E-state index is 15.0. The third-order valence-corrected chi connectivity index (χ3v) is 5.99. The predicted octanol–water partition coefficient (Wildman–Crippen LogP) is 8.51. The molecule has 0 nitrogen and oxygen atoms in total. The van der Waals surface area contributed by atoms with E-state index < -0.39 is 0 Å². The van der Waals surface area contributed by atoms with Crippen LogP contribution in [0, 0.1) is 17.7 Å². The molecule has 0 N–H and O–H groups in total. The monoisotopic (exact) mass is 432 g/mol. The van der Waals surface area contributed by atoms with E-state index in [1.165, 1.54) is 16.7 Å². The van der Waals surface area contributed by atoms with Crippen molar-refractivity contribution >= 4 is 10.8 Å². The number of allylic oxidation sites excluding steroid dienone is 1. The predicted molar refractivity (Wildman–Crippen MR) is 139 cm³/mol. The summed E-state index contributed by atoms with van der Waals surface area (Å²) >= 11 is 0. The van der Waals surface area contributed by atoms with E-state index in [0.29, 0.717) is 10.9 Å². The van der Waals surface area contributed by atoms with Crippen molar-refractivity contribution in [2.24, 2.45) is 0 Å². The molecule has 0 amide bonds. The van der Waals surface area contributed by atoms with Crippen LogP contribution in [0.5, 0.6) is 0 Å². The van der Waals surface area contributed by atoms with E-state index in [4.69, 9.17) is 0 Å². The van der Waals surface area contributed by atoms with Crippen LogP contribution in [-0.4, -0.2) is 0 Å². The molecule has 4 rings (SSSR count). The van der Waals surface area contributed by atoms with Crippen LogP contribution < -0.4 is 0 Å². The molecule has 0 spiro atoms. The number of unbranched alkanes of at least 4 members (excludes halogenated alkanes) is 1. The Labute approximate surface area is 196 Å². The maximum Gasteiger partial charge on any atom is 0.146 e. The molecule has 0 heterocycles. The zero-order chi connectivity index (χ0) is 23.0. The molecule has 0 aromatic heterocycles. The van der Waals surface area contributed by atoms with Gasteiger partial charge in [0.1, 0.15) is 5.82 Å². The topological polar surface area (TPSA) is 0 Å². The molecule has 4 aromatic carbocycles. The van der Waals surface area contributed by atoms with Crippen LogP contribution in [0.15, 0.2) is 91.5 Å². The van der Waals surface area contributed by atoms with Crippen LogP contribution in [0.25, 0.3) is 21.9 Å².